The first-order valence-electron chi connectivity index (χ1n) is 7.01. The molecule has 0 spiro atoms. The minimum absolute atomic E-state index is 0.568. The molecule has 0 aliphatic heterocycles. The first-order valence-corrected chi connectivity index (χ1v) is 7.83. The van der Waals surface area contributed by atoms with Crippen LogP contribution in [-0.4, -0.2) is 21.2 Å². The van der Waals surface area contributed by atoms with Gasteiger partial charge in [0.1, 0.15) is 16.2 Å². The van der Waals surface area contributed by atoms with Gasteiger partial charge in [-0.3, -0.25) is 0 Å². The summed E-state index contributed by atoms with van der Waals surface area (Å²) in [6.45, 7) is 3.77. The fraction of sp³-hybridized carbons (Fsp3) is 0.125. The van der Waals surface area contributed by atoms with E-state index in [9.17, 15) is 0 Å². The van der Waals surface area contributed by atoms with Gasteiger partial charge in [0, 0.05) is 23.7 Å². The first-order chi connectivity index (χ1) is 11.1. The van der Waals surface area contributed by atoms with E-state index in [1.165, 1.54) is 17.6 Å². The average Bonchev–Trinajstić information content (AvgIpc) is 2.89. The molecule has 0 aliphatic carbocycles. The Labute approximate surface area is 137 Å². The van der Waals surface area contributed by atoms with Crippen molar-refractivity contribution in [1.29, 1.82) is 5.41 Å². The van der Waals surface area contributed by atoms with Crippen molar-refractivity contribution in [3.05, 3.63) is 47.4 Å². The van der Waals surface area contributed by atoms with Crippen LogP contribution >= 0.6 is 11.3 Å². The van der Waals surface area contributed by atoms with Gasteiger partial charge in [-0.15, -0.1) is 0 Å². The monoisotopic (exact) mass is 324 g/mol. The highest BCUT2D eigenvalue weighted by Gasteiger charge is 2.09. The van der Waals surface area contributed by atoms with Crippen LogP contribution in [0.2, 0.25) is 0 Å². The number of allylic oxidation sites excluding steroid dienone is 2. The highest BCUT2D eigenvalue weighted by molar-refractivity contribution is 7.21. The van der Waals surface area contributed by atoms with Crippen LogP contribution in [0.4, 0.5) is 10.9 Å². The molecule has 23 heavy (non-hydrogen) atoms. The van der Waals surface area contributed by atoms with Crippen molar-refractivity contribution in [3.63, 3.8) is 0 Å². The molecular weight excluding hydrogens is 308 g/mol. The number of hydrogen-bond acceptors (Lipinski definition) is 7. The maximum absolute atomic E-state index is 7.47. The minimum atomic E-state index is 0.568. The predicted octanol–water partition coefficient (Wildman–Crippen LogP) is 3.48. The van der Waals surface area contributed by atoms with Crippen LogP contribution in [0.15, 0.2) is 36.2 Å². The van der Waals surface area contributed by atoms with Gasteiger partial charge in [0.25, 0.3) is 0 Å². The molecule has 116 valence electrons. The van der Waals surface area contributed by atoms with Crippen LogP contribution in [0, 0.1) is 12.3 Å². The fourth-order valence-electron chi connectivity index (χ4n) is 2.12. The molecule has 3 aromatic rings. The number of fused-ring (bicyclic) bond motifs is 1. The van der Waals surface area contributed by atoms with Crippen molar-refractivity contribution in [1.82, 2.24) is 15.0 Å². The van der Waals surface area contributed by atoms with Gasteiger partial charge in [-0.05, 0) is 43.7 Å². The summed E-state index contributed by atoms with van der Waals surface area (Å²) in [5, 5.41) is 11.4. The molecule has 0 radical (unpaired) electrons. The average molecular weight is 324 g/mol. The fourth-order valence-corrected chi connectivity index (χ4v) is 2.97. The molecule has 3 heterocycles. The van der Waals surface area contributed by atoms with Crippen LogP contribution in [-0.2, 0) is 0 Å². The van der Waals surface area contributed by atoms with Crippen molar-refractivity contribution < 1.29 is 0 Å². The van der Waals surface area contributed by atoms with Crippen LogP contribution < -0.4 is 11.1 Å². The number of anilines is 2. The number of thiazole rings is 1. The van der Waals surface area contributed by atoms with Crippen LogP contribution in [0.25, 0.3) is 15.9 Å². The van der Waals surface area contributed by atoms with Crippen molar-refractivity contribution in [2.75, 3.05) is 5.32 Å². The van der Waals surface area contributed by atoms with Gasteiger partial charge in [0.05, 0.1) is 5.69 Å². The van der Waals surface area contributed by atoms with Gasteiger partial charge in [-0.1, -0.05) is 11.3 Å². The number of nitrogens with zero attached hydrogens (tertiary/aromatic N) is 3. The number of rotatable bonds is 4. The normalized spacial score (nSPS) is 12.1. The van der Waals surface area contributed by atoms with E-state index in [4.69, 9.17) is 11.1 Å². The Bertz CT molecular complexity index is 908. The largest absolute Gasteiger partial charge is 0.402 e. The van der Waals surface area contributed by atoms with E-state index in [2.05, 4.69) is 20.3 Å². The molecule has 0 aliphatic rings. The van der Waals surface area contributed by atoms with Crippen LogP contribution in [0.3, 0.4) is 0 Å². The molecule has 0 saturated heterocycles. The maximum Gasteiger partial charge on any atom is 0.190 e. The van der Waals surface area contributed by atoms with Gasteiger partial charge in [-0.25, -0.2) is 15.0 Å². The number of pyridine rings is 2. The van der Waals surface area contributed by atoms with E-state index < -0.39 is 0 Å². The van der Waals surface area contributed by atoms with Crippen molar-refractivity contribution >= 4 is 44.4 Å². The summed E-state index contributed by atoms with van der Waals surface area (Å²) in [6, 6.07) is 7.61. The number of nitrogens with one attached hydrogen (secondary N) is 2. The summed E-state index contributed by atoms with van der Waals surface area (Å²) < 4.78 is 0. The Morgan fingerprint density at radius 3 is 2.83 bits per heavy atom. The number of aryl methyl sites for hydroxylation is 1. The maximum atomic E-state index is 7.47. The highest BCUT2D eigenvalue weighted by Crippen LogP contribution is 2.28. The van der Waals surface area contributed by atoms with Crippen molar-refractivity contribution in [3.8, 4) is 0 Å². The van der Waals surface area contributed by atoms with Gasteiger partial charge >= 0.3 is 0 Å². The van der Waals surface area contributed by atoms with Crippen molar-refractivity contribution in [2.45, 2.75) is 13.8 Å². The molecule has 0 saturated carbocycles. The minimum Gasteiger partial charge on any atom is -0.402 e. The van der Waals surface area contributed by atoms with Gasteiger partial charge in [-0.2, -0.15) is 0 Å². The molecule has 0 amide bonds. The molecule has 0 unspecified atom stereocenters. The Morgan fingerprint density at radius 1 is 1.30 bits per heavy atom. The van der Waals surface area contributed by atoms with Crippen LogP contribution in [0.1, 0.15) is 18.2 Å². The topological polar surface area (TPSA) is 101 Å². The standard InChI is InChI=1S/C16H16N6S/c1-9-5-6-19-14(7-9)22-16-21-13-4-3-12(20-15(13)23-16)11(8-17)10(2)18/h3-8,17H,18H2,1-2H3,(H,19,21,22)/b11-10+,17-8?. The lowest BCUT2D eigenvalue weighted by molar-refractivity contribution is 1.26. The second kappa shape index (κ2) is 6.13. The number of aromatic nitrogens is 3. The summed E-state index contributed by atoms with van der Waals surface area (Å²) in [7, 11) is 0. The zero-order chi connectivity index (χ0) is 16.4. The summed E-state index contributed by atoms with van der Waals surface area (Å²) in [6.07, 6.45) is 2.98. The predicted molar refractivity (Wildman–Crippen MR) is 95.2 cm³/mol. The number of hydrogen-bond donors (Lipinski definition) is 3. The Hall–Kier alpha value is -2.80. The Balaban J connectivity index is 1.96. The quantitative estimate of drug-likeness (QED) is 0.638. The van der Waals surface area contributed by atoms with E-state index in [0.29, 0.717) is 17.0 Å². The van der Waals surface area contributed by atoms with Gasteiger partial charge < -0.3 is 16.5 Å². The summed E-state index contributed by atoms with van der Waals surface area (Å²) in [5.41, 5.74) is 9.59. The first kappa shape index (κ1) is 15.1. The van der Waals surface area contributed by atoms with Crippen LogP contribution in [0.5, 0.6) is 0 Å². The summed E-state index contributed by atoms with van der Waals surface area (Å²) >= 11 is 1.44. The highest BCUT2D eigenvalue weighted by atomic mass is 32.1. The lowest BCUT2D eigenvalue weighted by Crippen LogP contribution is -2.00. The second-order valence-corrected chi connectivity index (χ2v) is 6.10. The third-order valence-electron chi connectivity index (χ3n) is 3.25. The molecule has 4 N–H and O–H groups in total. The molecule has 0 bridgehead atoms. The Morgan fingerprint density at radius 2 is 2.13 bits per heavy atom. The third kappa shape index (κ3) is 3.19. The van der Waals surface area contributed by atoms with E-state index in [1.54, 1.807) is 13.1 Å². The lowest BCUT2D eigenvalue weighted by atomic mass is 10.1. The SMILES string of the molecule is C/C(N)=C(/C=N)c1ccc2nc(Nc3cc(C)ccn3)sc2n1. The molecule has 6 nitrogen and oxygen atoms in total. The zero-order valence-corrected chi connectivity index (χ0v) is 13.6. The van der Waals surface area contributed by atoms with Crippen molar-refractivity contribution in [2.24, 2.45) is 5.73 Å². The molecule has 0 aromatic carbocycles. The van der Waals surface area contributed by atoms with Gasteiger partial charge in [0.2, 0.25) is 0 Å². The zero-order valence-electron chi connectivity index (χ0n) is 12.8. The molecule has 3 aromatic heterocycles. The summed E-state index contributed by atoms with van der Waals surface area (Å²) in [5.74, 6) is 0.752. The van der Waals surface area contributed by atoms with E-state index in [0.717, 1.165) is 26.9 Å². The molecule has 0 fully saturated rings. The number of nitrogens with two attached hydrogens (primary N) is 1. The third-order valence-corrected chi connectivity index (χ3v) is 4.13. The Kier molecular flexibility index (Phi) is 4.03. The van der Waals surface area contributed by atoms with Gasteiger partial charge in [0.15, 0.2) is 5.13 Å². The second-order valence-electron chi connectivity index (χ2n) is 5.12. The van der Waals surface area contributed by atoms with E-state index >= 15 is 0 Å². The van der Waals surface area contributed by atoms with E-state index in [-0.39, 0.29) is 0 Å². The smallest absolute Gasteiger partial charge is 0.190 e. The van der Waals surface area contributed by atoms with E-state index in [1.807, 2.05) is 31.2 Å². The lowest BCUT2D eigenvalue weighted by Gasteiger charge is -2.02. The summed E-state index contributed by atoms with van der Waals surface area (Å²) in [4.78, 5) is 14.1. The molecule has 7 heteroatoms. The molecular formula is C16H16N6S. The molecule has 3 rings (SSSR count). The molecule has 0 atom stereocenters.